The molecule has 5 unspecified atom stereocenters. The first kappa shape index (κ1) is 38.1. The van der Waals surface area contributed by atoms with Crippen molar-refractivity contribution in [2.75, 3.05) is 5.75 Å². The minimum Gasteiger partial charge on any atom is -0.481 e. The predicted molar refractivity (Wildman–Crippen MR) is 149 cm³/mol. The summed E-state index contributed by atoms with van der Waals surface area (Å²) >= 11 is 3.84. The van der Waals surface area contributed by atoms with Crippen LogP contribution in [0.2, 0.25) is 0 Å². The van der Waals surface area contributed by atoms with Crippen LogP contribution < -0.4 is 32.7 Å². The highest BCUT2D eigenvalue weighted by atomic mass is 32.1. The summed E-state index contributed by atoms with van der Waals surface area (Å²) in [7, 11) is 0. The van der Waals surface area contributed by atoms with Crippen LogP contribution in [0.15, 0.2) is 0 Å². The van der Waals surface area contributed by atoms with Gasteiger partial charge in [-0.2, -0.15) is 12.6 Å². The largest absolute Gasteiger partial charge is 0.481 e. The molecule has 0 aliphatic carbocycles. The molecular weight excluding hydrogens is 580 g/mol. The number of carbonyl (C=O) groups is 8. The number of aliphatic carboxylic acids is 3. The molecule has 18 heteroatoms. The van der Waals surface area contributed by atoms with Gasteiger partial charge in [-0.1, -0.05) is 13.8 Å². The van der Waals surface area contributed by atoms with Crippen LogP contribution in [0.1, 0.15) is 58.8 Å². The fraction of sp³-hybridized carbons (Fsp3) is 0.667. The van der Waals surface area contributed by atoms with E-state index >= 15 is 0 Å². The number of primary amides is 1. The van der Waals surface area contributed by atoms with Crippen molar-refractivity contribution in [3.05, 3.63) is 0 Å². The quantitative estimate of drug-likeness (QED) is 0.0587. The predicted octanol–water partition coefficient (Wildman–Crippen LogP) is -2.69. The lowest BCUT2D eigenvalue weighted by molar-refractivity contribution is -0.142. The zero-order valence-electron chi connectivity index (χ0n) is 23.3. The van der Waals surface area contributed by atoms with Crippen LogP contribution in [-0.4, -0.2) is 98.7 Å². The van der Waals surface area contributed by atoms with Crippen LogP contribution in [0.25, 0.3) is 0 Å². The number of carbonyl (C=O) groups excluding carboxylic acids is 5. The average Bonchev–Trinajstić information content (AvgIpc) is 2.88. The third kappa shape index (κ3) is 15.8. The van der Waals surface area contributed by atoms with Gasteiger partial charge in [0.05, 0.1) is 6.04 Å². The van der Waals surface area contributed by atoms with E-state index in [1.165, 1.54) is 0 Å². The Bertz CT molecular complexity index is 1010. The lowest BCUT2D eigenvalue weighted by Crippen LogP contribution is -2.58. The van der Waals surface area contributed by atoms with E-state index in [4.69, 9.17) is 21.7 Å². The molecule has 5 amide bonds. The Balaban J connectivity index is 5.98. The van der Waals surface area contributed by atoms with E-state index in [9.17, 15) is 43.5 Å². The van der Waals surface area contributed by atoms with E-state index in [0.29, 0.717) is 0 Å². The molecular formula is C24H40N6O11S. The average molecular weight is 621 g/mol. The molecule has 0 saturated heterocycles. The van der Waals surface area contributed by atoms with Gasteiger partial charge in [0.25, 0.3) is 0 Å². The smallest absolute Gasteiger partial charge is 0.327 e. The molecule has 0 radical (unpaired) electrons. The second-order valence-electron chi connectivity index (χ2n) is 9.87. The number of thiol groups is 1. The molecule has 0 aliphatic rings. The molecule has 238 valence electrons. The van der Waals surface area contributed by atoms with Crippen LogP contribution in [0.4, 0.5) is 0 Å². The van der Waals surface area contributed by atoms with Crippen molar-refractivity contribution in [3.8, 4) is 0 Å². The fourth-order valence-corrected chi connectivity index (χ4v) is 3.77. The molecule has 0 fully saturated rings. The first-order chi connectivity index (χ1) is 19.5. The fourth-order valence-electron chi connectivity index (χ4n) is 3.52. The van der Waals surface area contributed by atoms with Crippen molar-refractivity contribution in [2.45, 2.75) is 89.0 Å². The van der Waals surface area contributed by atoms with Crippen molar-refractivity contribution in [2.24, 2.45) is 17.4 Å². The number of nitrogens with one attached hydrogen (secondary N) is 4. The topological polar surface area (TPSA) is 297 Å². The zero-order chi connectivity index (χ0) is 32.6. The first-order valence-electron chi connectivity index (χ1n) is 13.0. The van der Waals surface area contributed by atoms with Crippen molar-refractivity contribution in [3.63, 3.8) is 0 Å². The molecule has 0 aromatic rings. The second kappa shape index (κ2) is 19.2. The summed E-state index contributed by atoms with van der Waals surface area (Å²) in [6.07, 6.45) is -2.55. The Morgan fingerprint density at radius 2 is 1.00 bits per heavy atom. The van der Waals surface area contributed by atoms with Crippen molar-refractivity contribution >= 4 is 60.1 Å². The molecule has 17 nitrogen and oxygen atoms in total. The number of hydrogen-bond acceptors (Lipinski definition) is 10. The number of amides is 5. The molecule has 0 aliphatic heterocycles. The van der Waals surface area contributed by atoms with Crippen LogP contribution in [0.5, 0.6) is 0 Å². The molecule has 0 heterocycles. The van der Waals surface area contributed by atoms with E-state index < -0.39 is 110 Å². The maximum atomic E-state index is 13.1. The third-order valence-corrected chi connectivity index (χ3v) is 6.10. The highest BCUT2D eigenvalue weighted by molar-refractivity contribution is 7.80. The Kier molecular flexibility index (Phi) is 17.4. The van der Waals surface area contributed by atoms with Crippen LogP contribution >= 0.6 is 12.6 Å². The molecule has 0 aromatic carbocycles. The summed E-state index contributed by atoms with van der Waals surface area (Å²) in [5, 5.41) is 36.4. The Hall–Kier alpha value is -3.93. The molecule has 0 aromatic heterocycles. The van der Waals surface area contributed by atoms with Crippen molar-refractivity contribution in [1.82, 2.24) is 21.3 Å². The number of nitrogens with two attached hydrogens (primary N) is 2. The minimum atomic E-state index is -1.61. The van der Waals surface area contributed by atoms with Gasteiger partial charge in [-0.15, -0.1) is 0 Å². The summed E-state index contributed by atoms with van der Waals surface area (Å²) in [6.45, 7) is 3.62. The number of carboxylic acid groups (broad SMARTS) is 3. The van der Waals surface area contributed by atoms with Gasteiger partial charge >= 0.3 is 17.9 Å². The van der Waals surface area contributed by atoms with Gasteiger partial charge in [-0.3, -0.25) is 33.6 Å². The maximum absolute atomic E-state index is 13.1. The summed E-state index contributed by atoms with van der Waals surface area (Å²) < 4.78 is 0. The van der Waals surface area contributed by atoms with E-state index in [1.54, 1.807) is 0 Å². The Morgan fingerprint density at radius 3 is 1.31 bits per heavy atom. The normalized spacial score (nSPS) is 14.4. The van der Waals surface area contributed by atoms with E-state index in [-0.39, 0.29) is 24.5 Å². The SMILES string of the molecule is CC(C)CC(N)C(=O)NC(CCC(=O)O)C(=O)NC(CCC(=O)O)C(=O)NC(CCC(N)=O)C(=O)NC(CS)C(=O)O. The number of rotatable bonds is 21. The summed E-state index contributed by atoms with van der Waals surface area (Å²) in [5.41, 5.74) is 11.0. The lowest BCUT2D eigenvalue weighted by atomic mass is 10.0. The molecule has 11 N–H and O–H groups in total. The second-order valence-corrected chi connectivity index (χ2v) is 10.2. The highest BCUT2D eigenvalue weighted by Gasteiger charge is 2.32. The van der Waals surface area contributed by atoms with Gasteiger partial charge in [-0.05, 0) is 31.6 Å². The van der Waals surface area contributed by atoms with E-state index in [2.05, 4.69) is 33.9 Å². The first-order valence-corrected chi connectivity index (χ1v) is 13.6. The molecule has 0 bridgehead atoms. The van der Waals surface area contributed by atoms with Crippen LogP contribution in [-0.2, 0) is 38.4 Å². The van der Waals surface area contributed by atoms with Gasteiger partial charge in [0.1, 0.15) is 24.2 Å². The summed E-state index contributed by atoms with van der Waals surface area (Å²) in [5.74, 6) is -9.02. The van der Waals surface area contributed by atoms with E-state index in [1.807, 2.05) is 13.8 Å². The molecule has 0 rings (SSSR count). The molecule has 5 atom stereocenters. The molecule has 42 heavy (non-hydrogen) atoms. The number of hydrogen-bond donors (Lipinski definition) is 10. The Labute approximate surface area is 247 Å². The van der Waals surface area contributed by atoms with Gasteiger partial charge in [0.2, 0.25) is 29.5 Å². The highest BCUT2D eigenvalue weighted by Crippen LogP contribution is 2.08. The standard InChI is InChI=1S/C24H40N6O11S/c1-11(2)9-12(25)20(36)27-14(4-7-18(32)33)21(37)29-15(5-8-19(34)35)22(38)28-13(3-6-17(26)31)23(39)30-16(10-42)24(40)41/h11-16,42H,3-10,25H2,1-2H3,(H2,26,31)(H,27,36)(H,28,38)(H,29,37)(H,30,39)(H,32,33)(H,34,35)(H,40,41). The van der Waals surface area contributed by atoms with Gasteiger partial charge < -0.3 is 48.1 Å². The molecule has 0 saturated carbocycles. The van der Waals surface area contributed by atoms with Gasteiger partial charge in [0.15, 0.2) is 0 Å². The van der Waals surface area contributed by atoms with Crippen molar-refractivity contribution in [1.29, 1.82) is 0 Å². The lowest BCUT2D eigenvalue weighted by Gasteiger charge is -2.26. The van der Waals surface area contributed by atoms with Gasteiger partial charge in [-0.25, -0.2) is 4.79 Å². The van der Waals surface area contributed by atoms with Crippen molar-refractivity contribution < 1.29 is 53.7 Å². The summed E-state index contributed by atoms with van der Waals surface area (Å²) in [4.78, 5) is 96.4. The summed E-state index contributed by atoms with van der Waals surface area (Å²) in [6, 6.07) is -7.06. The minimum absolute atomic E-state index is 0.0272. The Morgan fingerprint density at radius 1 is 0.643 bits per heavy atom. The third-order valence-electron chi connectivity index (χ3n) is 5.73. The monoisotopic (exact) mass is 620 g/mol. The van der Waals surface area contributed by atoms with Gasteiger partial charge in [0, 0.05) is 25.0 Å². The zero-order valence-corrected chi connectivity index (χ0v) is 24.2. The van der Waals surface area contributed by atoms with E-state index in [0.717, 1.165) is 0 Å². The number of carboxylic acids is 3. The molecule has 0 spiro atoms. The van der Waals surface area contributed by atoms with Crippen LogP contribution in [0.3, 0.4) is 0 Å². The maximum Gasteiger partial charge on any atom is 0.327 e. The van der Waals surface area contributed by atoms with Crippen LogP contribution in [0, 0.1) is 5.92 Å².